The standard InChI is InChI=1S/C29H25ClN2O3S/c1-19-7-14-27(20-8-11-23(30)12-9-20)28(15-19)29(33)31-24-13-10-21-16-25(18-22(21)17-24)32-36(34,35)26-5-3-2-4-6-26/h2-15,17,25,32H,16,18H2,1H3,(H,31,33). The van der Waals surface area contributed by atoms with Crippen molar-refractivity contribution in [3.8, 4) is 11.1 Å². The fourth-order valence-corrected chi connectivity index (χ4v) is 5.97. The van der Waals surface area contributed by atoms with Crippen LogP contribution in [-0.2, 0) is 22.9 Å². The number of benzene rings is 4. The summed E-state index contributed by atoms with van der Waals surface area (Å²) in [4.78, 5) is 13.6. The van der Waals surface area contributed by atoms with Crippen LogP contribution >= 0.6 is 11.6 Å². The Labute approximate surface area is 216 Å². The van der Waals surface area contributed by atoms with Gasteiger partial charge in [0.05, 0.1) is 4.90 Å². The van der Waals surface area contributed by atoms with Crippen molar-refractivity contribution in [3.05, 3.63) is 118 Å². The zero-order valence-electron chi connectivity index (χ0n) is 19.7. The molecule has 2 N–H and O–H groups in total. The minimum Gasteiger partial charge on any atom is -0.322 e. The molecule has 1 aliphatic rings. The van der Waals surface area contributed by atoms with Crippen molar-refractivity contribution in [3.63, 3.8) is 0 Å². The van der Waals surface area contributed by atoms with Crippen molar-refractivity contribution in [1.82, 2.24) is 4.72 Å². The van der Waals surface area contributed by atoms with Gasteiger partial charge in [0, 0.05) is 22.3 Å². The predicted octanol–water partition coefficient (Wildman–Crippen LogP) is 6.01. The summed E-state index contributed by atoms with van der Waals surface area (Å²) in [6, 6.07) is 27.1. The van der Waals surface area contributed by atoms with Crippen LogP contribution in [0, 0.1) is 6.92 Å². The molecule has 0 aliphatic heterocycles. The van der Waals surface area contributed by atoms with Crippen molar-refractivity contribution in [2.75, 3.05) is 5.32 Å². The molecule has 0 bridgehead atoms. The van der Waals surface area contributed by atoms with Gasteiger partial charge in [-0.3, -0.25) is 4.79 Å². The predicted molar refractivity (Wildman–Crippen MR) is 144 cm³/mol. The van der Waals surface area contributed by atoms with Gasteiger partial charge in [0.25, 0.3) is 5.91 Å². The number of anilines is 1. The molecule has 1 aliphatic carbocycles. The van der Waals surface area contributed by atoms with Gasteiger partial charge in [0.1, 0.15) is 0 Å². The van der Waals surface area contributed by atoms with Gasteiger partial charge in [-0.2, -0.15) is 0 Å². The summed E-state index contributed by atoms with van der Waals surface area (Å²) in [6.07, 6.45) is 1.17. The van der Waals surface area contributed by atoms with Gasteiger partial charge in [-0.1, -0.05) is 65.7 Å². The second-order valence-electron chi connectivity index (χ2n) is 9.03. The van der Waals surface area contributed by atoms with Crippen molar-refractivity contribution in [1.29, 1.82) is 0 Å². The maximum atomic E-state index is 13.3. The number of carbonyl (C=O) groups excluding carboxylic acids is 1. The maximum Gasteiger partial charge on any atom is 0.256 e. The van der Waals surface area contributed by atoms with E-state index in [4.69, 9.17) is 11.6 Å². The lowest BCUT2D eigenvalue weighted by molar-refractivity contribution is 0.102. The van der Waals surface area contributed by atoms with Crippen LogP contribution in [0.2, 0.25) is 5.02 Å². The van der Waals surface area contributed by atoms with Crippen LogP contribution in [-0.4, -0.2) is 20.4 Å². The van der Waals surface area contributed by atoms with Crippen molar-refractivity contribution in [2.45, 2.75) is 30.7 Å². The van der Waals surface area contributed by atoms with Crippen LogP contribution < -0.4 is 10.0 Å². The molecule has 7 heteroatoms. The van der Waals surface area contributed by atoms with Gasteiger partial charge in [-0.15, -0.1) is 0 Å². The average Bonchev–Trinajstić information content (AvgIpc) is 3.26. The van der Waals surface area contributed by atoms with Crippen molar-refractivity contribution in [2.24, 2.45) is 0 Å². The lowest BCUT2D eigenvalue weighted by Gasteiger charge is -2.13. The Bertz CT molecular complexity index is 1540. The van der Waals surface area contributed by atoms with E-state index in [1.54, 1.807) is 42.5 Å². The maximum absolute atomic E-state index is 13.3. The number of amides is 1. The molecule has 0 saturated heterocycles. The zero-order chi connectivity index (χ0) is 25.3. The molecule has 0 spiro atoms. The van der Waals surface area contributed by atoms with E-state index in [1.165, 1.54) is 0 Å². The minimum absolute atomic E-state index is 0.206. The lowest BCUT2D eigenvalue weighted by atomic mass is 9.97. The first kappa shape index (κ1) is 24.3. The summed E-state index contributed by atoms with van der Waals surface area (Å²) < 4.78 is 28.3. The van der Waals surface area contributed by atoms with E-state index in [9.17, 15) is 13.2 Å². The van der Waals surface area contributed by atoms with E-state index in [0.717, 1.165) is 27.8 Å². The molecule has 4 aromatic carbocycles. The summed E-state index contributed by atoms with van der Waals surface area (Å²) >= 11 is 6.04. The summed E-state index contributed by atoms with van der Waals surface area (Å²) in [5.41, 5.74) is 6.07. The molecule has 4 aromatic rings. The third-order valence-electron chi connectivity index (χ3n) is 6.35. The van der Waals surface area contributed by atoms with E-state index in [0.29, 0.717) is 29.1 Å². The summed E-state index contributed by atoms with van der Waals surface area (Å²) in [6.45, 7) is 1.95. The molecule has 1 unspecified atom stereocenters. The largest absolute Gasteiger partial charge is 0.322 e. The highest BCUT2D eigenvalue weighted by Crippen LogP contribution is 2.29. The highest BCUT2D eigenvalue weighted by molar-refractivity contribution is 7.89. The number of aryl methyl sites for hydroxylation is 1. The smallest absolute Gasteiger partial charge is 0.256 e. The number of halogens is 1. The number of hydrogen-bond acceptors (Lipinski definition) is 3. The molecule has 0 aromatic heterocycles. The highest BCUT2D eigenvalue weighted by atomic mass is 35.5. The Morgan fingerprint density at radius 3 is 2.33 bits per heavy atom. The lowest BCUT2D eigenvalue weighted by Crippen LogP contribution is -2.35. The average molecular weight is 517 g/mol. The normalized spacial score (nSPS) is 14.9. The molecule has 36 heavy (non-hydrogen) atoms. The summed E-state index contributed by atoms with van der Waals surface area (Å²) in [5, 5.41) is 3.66. The van der Waals surface area contributed by atoms with E-state index in [-0.39, 0.29) is 16.8 Å². The van der Waals surface area contributed by atoms with Crippen LogP contribution in [0.15, 0.2) is 95.9 Å². The third kappa shape index (κ3) is 5.21. The molecular formula is C29H25ClN2O3S. The van der Waals surface area contributed by atoms with Gasteiger partial charge in [0.15, 0.2) is 0 Å². The molecule has 1 amide bonds. The number of rotatable bonds is 6. The Morgan fingerprint density at radius 1 is 0.861 bits per heavy atom. The second-order valence-corrected chi connectivity index (χ2v) is 11.2. The monoisotopic (exact) mass is 516 g/mol. The van der Waals surface area contributed by atoms with Crippen molar-refractivity contribution >= 4 is 33.2 Å². The number of hydrogen-bond donors (Lipinski definition) is 2. The number of carbonyl (C=O) groups is 1. The van der Waals surface area contributed by atoms with Gasteiger partial charge < -0.3 is 5.32 Å². The first-order chi connectivity index (χ1) is 17.3. The zero-order valence-corrected chi connectivity index (χ0v) is 21.2. The molecule has 0 fully saturated rings. The SMILES string of the molecule is Cc1ccc(-c2ccc(Cl)cc2)c(C(=O)Nc2ccc3c(c2)CC(NS(=O)(=O)c2ccccc2)C3)c1. The number of nitrogens with one attached hydrogen (secondary N) is 2. The molecule has 182 valence electrons. The molecule has 0 radical (unpaired) electrons. The summed E-state index contributed by atoms with van der Waals surface area (Å²) in [7, 11) is -3.59. The fraction of sp³-hybridized carbons (Fsp3) is 0.138. The number of fused-ring (bicyclic) bond motifs is 1. The summed E-state index contributed by atoms with van der Waals surface area (Å²) in [5.74, 6) is -0.206. The fourth-order valence-electron chi connectivity index (χ4n) is 4.59. The quantitative estimate of drug-likeness (QED) is 0.329. The van der Waals surface area contributed by atoms with Crippen LogP contribution in [0.4, 0.5) is 5.69 Å². The van der Waals surface area contributed by atoms with Gasteiger partial charge in [-0.05, 0) is 84.5 Å². The van der Waals surface area contributed by atoms with Gasteiger partial charge >= 0.3 is 0 Å². The molecule has 5 rings (SSSR count). The molecule has 1 atom stereocenters. The molecular weight excluding hydrogens is 492 g/mol. The first-order valence-corrected chi connectivity index (χ1v) is 13.5. The van der Waals surface area contributed by atoms with Crippen LogP contribution in [0.5, 0.6) is 0 Å². The number of sulfonamides is 1. The second kappa shape index (κ2) is 9.90. The van der Waals surface area contributed by atoms with Crippen LogP contribution in [0.25, 0.3) is 11.1 Å². The van der Waals surface area contributed by atoms with Crippen molar-refractivity contribution < 1.29 is 13.2 Å². The first-order valence-electron chi connectivity index (χ1n) is 11.7. The van der Waals surface area contributed by atoms with E-state index < -0.39 is 10.0 Å². The molecule has 5 nitrogen and oxygen atoms in total. The molecule has 0 heterocycles. The Kier molecular flexibility index (Phi) is 6.67. The van der Waals surface area contributed by atoms with Gasteiger partial charge in [-0.25, -0.2) is 13.1 Å². The van der Waals surface area contributed by atoms with E-state index >= 15 is 0 Å². The topological polar surface area (TPSA) is 75.3 Å². The Hall–Kier alpha value is -3.45. The Balaban J connectivity index is 1.33. The third-order valence-corrected chi connectivity index (χ3v) is 8.14. The van der Waals surface area contributed by atoms with Gasteiger partial charge in [0.2, 0.25) is 10.0 Å². The van der Waals surface area contributed by atoms with E-state index in [2.05, 4.69) is 10.0 Å². The Morgan fingerprint density at radius 2 is 1.58 bits per heavy atom. The minimum atomic E-state index is -3.59. The molecule has 0 saturated carbocycles. The van der Waals surface area contributed by atoms with E-state index in [1.807, 2.05) is 55.5 Å². The highest BCUT2D eigenvalue weighted by Gasteiger charge is 2.27. The van der Waals surface area contributed by atoms with Crippen LogP contribution in [0.3, 0.4) is 0 Å². The van der Waals surface area contributed by atoms with Crippen LogP contribution in [0.1, 0.15) is 27.0 Å².